The fourth-order valence-electron chi connectivity index (χ4n) is 5.02. The molecule has 0 spiro atoms. The quantitative estimate of drug-likeness (QED) is 0.208. The van der Waals surface area contributed by atoms with Crippen molar-refractivity contribution in [1.29, 1.82) is 0 Å². The molecule has 1 fully saturated rings. The lowest BCUT2D eigenvalue weighted by Crippen LogP contribution is -2.45. The van der Waals surface area contributed by atoms with E-state index in [-0.39, 0.29) is 30.7 Å². The van der Waals surface area contributed by atoms with Crippen molar-refractivity contribution in [3.8, 4) is 11.5 Å². The molecule has 2 N–H and O–H groups in total. The number of anilines is 1. The fourth-order valence-corrected chi connectivity index (χ4v) is 5.02. The lowest BCUT2D eigenvalue weighted by Gasteiger charge is -2.28. The summed E-state index contributed by atoms with van der Waals surface area (Å²) < 4.78 is 49.7. The Morgan fingerprint density at radius 1 is 0.977 bits per heavy atom. The van der Waals surface area contributed by atoms with Crippen molar-refractivity contribution < 1.29 is 32.2 Å². The predicted octanol–water partition coefficient (Wildman–Crippen LogP) is 6.47. The monoisotopic (exact) mass is 594 g/mol. The zero-order chi connectivity index (χ0) is 30.6. The third-order valence-corrected chi connectivity index (χ3v) is 7.52. The summed E-state index contributed by atoms with van der Waals surface area (Å²) in [5.74, 6) is 0.867. The van der Waals surface area contributed by atoms with Crippen molar-refractivity contribution in [2.45, 2.75) is 38.0 Å². The van der Waals surface area contributed by atoms with Crippen LogP contribution in [0.2, 0.25) is 0 Å². The molecule has 4 aromatic rings. The van der Waals surface area contributed by atoms with Gasteiger partial charge in [-0.2, -0.15) is 13.2 Å². The maximum atomic E-state index is 13.8. The lowest BCUT2D eigenvalue weighted by atomic mass is 10.1. The van der Waals surface area contributed by atoms with E-state index in [0.717, 1.165) is 47.0 Å². The van der Waals surface area contributed by atoms with Crippen molar-refractivity contribution in [1.82, 2.24) is 14.8 Å². The van der Waals surface area contributed by atoms with E-state index in [9.17, 15) is 22.8 Å². The minimum absolute atomic E-state index is 0.116. The molecular formula is C32H33F3N4O4. The first kappa shape index (κ1) is 29.8. The summed E-state index contributed by atoms with van der Waals surface area (Å²) in [7, 11) is 3.10. The van der Waals surface area contributed by atoms with Crippen molar-refractivity contribution in [3.05, 3.63) is 89.6 Å². The number of aromatic nitrogens is 1. The summed E-state index contributed by atoms with van der Waals surface area (Å²) in [6, 6.07) is 17.0. The minimum Gasteiger partial charge on any atom is -0.493 e. The summed E-state index contributed by atoms with van der Waals surface area (Å²) in [5.41, 5.74) is 2.32. The maximum absolute atomic E-state index is 13.8. The first-order chi connectivity index (χ1) is 20.7. The standard InChI is InChI=1S/C32H33F3N4O4/c1-42-28-14-7-21(17-29(28)43-2)19-38(16-15-22-18-36-27-6-4-3-5-26(22)27)30(40)20-39(25-12-13-25)31(41)37-24-10-8-23(9-11-24)32(33,34)35/h3-11,14,17-18,25,36H,12-13,15-16,19-20H2,1-2H3,(H,37,41). The highest BCUT2D eigenvalue weighted by Crippen LogP contribution is 2.32. The Kier molecular flexibility index (Phi) is 8.79. The molecule has 0 bridgehead atoms. The van der Waals surface area contributed by atoms with Gasteiger partial charge in [-0.1, -0.05) is 24.3 Å². The minimum atomic E-state index is -4.47. The van der Waals surface area contributed by atoms with E-state index < -0.39 is 17.8 Å². The Balaban J connectivity index is 1.33. The van der Waals surface area contributed by atoms with Gasteiger partial charge in [-0.25, -0.2) is 4.79 Å². The molecule has 0 radical (unpaired) electrons. The highest BCUT2D eigenvalue weighted by Gasteiger charge is 2.35. The van der Waals surface area contributed by atoms with Gasteiger partial charge in [-0.05, 0) is 72.9 Å². The van der Waals surface area contributed by atoms with E-state index in [1.54, 1.807) is 25.2 Å². The van der Waals surface area contributed by atoms with Crippen LogP contribution in [0.3, 0.4) is 0 Å². The third-order valence-electron chi connectivity index (χ3n) is 7.52. The van der Waals surface area contributed by atoms with E-state index in [0.29, 0.717) is 24.5 Å². The smallest absolute Gasteiger partial charge is 0.416 e. The van der Waals surface area contributed by atoms with Crippen molar-refractivity contribution >= 4 is 28.5 Å². The molecule has 11 heteroatoms. The number of carbonyl (C=O) groups excluding carboxylic acids is 2. The molecule has 0 unspecified atom stereocenters. The molecule has 5 rings (SSSR count). The van der Waals surface area contributed by atoms with Gasteiger partial charge in [-0.15, -0.1) is 0 Å². The molecule has 1 aromatic heterocycles. The van der Waals surface area contributed by atoms with Crippen LogP contribution in [0, 0.1) is 0 Å². The molecule has 1 heterocycles. The zero-order valence-corrected chi connectivity index (χ0v) is 23.9. The average molecular weight is 595 g/mol. The Bertz CT molecular complexity index is 1580. The van der Waals surface area contributed by atoms with Crippen molar-refractivity contribution in [3.63, 3.8) is 0 Å². The number of benzene rings is 3. The molecule has 43 heavy (non-hydrogen) atoms. The molecule has 0 saturated heterocycles. The van der Waals surface area contributed by atoms with Crippen LogP contribution < -0.4 is 14.8 Å². The van der Waals surface area contributed by atoms with E-state index in [1.165, 1.54) is 17.0 Å². The Morgan fingerprint density at radius 3 is 2.37 bits per heavy atom. The molecule has 226 valence electrons. The number of para-hydroxylation sites is 1. The molecule has 0 atom stereocenters. The lowest BCUT2D eigenvalue weighted by molar-refractivity contribution is -0.137. The van der Waals surface area contributed by atoms with Gasteiger partial charge in [0.15, 0.2) is 11.5 Å². The first-order valence-corrected chi connectivity index (χ1v) is 13.9. The fraction of sp³-hybridized carbons (Fsp3) is 0.312. The number of methoxy groups -OCH3 is 2. The summed E-state index contributed by atoms with van der Waals surface area (Å²) in [6.07, 6.45) is -0.446. The van der Waals surface area contributed by atoms with Gasteiger partial charge in [-0.3, -0.25) is 4.79 Å². The van der Waals surface area contributed by atoms with Crippen LogP contribution in [0.1, 0.15) is 29.5 Å². The summed E-state index contributed by atoms with van der Waals surface area (Å²) in [5, 5.41) is 3.73. The molecular weight excluding hydrogens is 561 g/mol. The van der Waals surface area contributed by atoms with Gasteiger partial charge in [0.05, 0.1) is 19.8 Å². The predicted molar refractivity (Wildman–Crippen MR) is 157 cm³/mol. The van der Waals surface area contributed by atoms with Crippen molar-refractivity contribution in [2.75, 3.05) is 32.6 Å². The Morgan fingerprint density at radius 2 is 1.70 bits per heavy atom. The number of halogens is 3. The zero-order valence-electron chi connectivity index (χ0n) is 23.9. The van der Waals surface area contributed by atoms with Crippen LogP contribution in [-0.4, -0.2) is 60.1 Å². The normalized spacial score (nSPS) is 13.0. The van der Waals surface area contributed by atoms with Crippen LogP contribution in [0.25, 0.3) is 10.9 Å². The number of ether oxygens (including phenoxy) is 2. The molecule has 1 aliphatic rings. The molecule has 1 saturated carbocycles. The van der Waals surface area contributed by atoms with Crippen LogP contribution >= 0.6 is 0 Å². The Labute approximate surface area is 247 Å². The average Bonchev–Trinajstić information content (AvgIpc) is 3.76. The summed E-state index contributed by atoms with van der Waals surface area (Å²) in [6.45, 7) is 0.507. The van der Waals surface area contributed by atoms with Crippen LogP contribution in [0.5, 0.6) is 11.5 Å². The van der Waals surface area contributed by atoms with Crippen LogP contribution in [0.15, 0.2) is 72.9 Å². The van der Waals surface area contributed by atoms with E-state index >= 15 is 0 Å². The van der Waals surface area contributed by atoms with E-state index in [2.05, 4.69) is 10.3 Å². The number of nitrogens with zero attached hydrogens (tertiary/aromatic N) is 2. The molecule has 0 aliphatic heterocycles. The Hall–Kier alpha value is -4.67. The third kappa shape index (κ3) is 7.22. The van der Waals surface area contributed by atoms with Gasteiger partial charge in [0.2, 0.25) is 5.91 Å². The SMILES string of the molecule is COc1ccc(CN(CCc2c[nH]c3ccccc23)C(=O)CN(C(=O)Nc2ccc(C(F)(F)F)cc2)C2CC2)cc1OC. The van der Waals surface area contributed by atoms with E-state index in [4.69, 9.17) is 9.47 Å². The topological polar surface area (TPSA) is 86.9 Å². The molecule has 8 nitrogen and oxygen atoms in total. The number of H-pyrrole nitrogens is 1. The summed E-state index contributed by atoms with van der Waals surface area (Å²) in [4.78, 5) is 33.5. The van der Waals surface area contributed by atoms with Crippen LogP contribution in [-0.2, 0) is 23.9 Å². The first-order valence-electron chi connectivity index (χ1n) is 13.9. The molecule has 3 aromatic carbocycles. The second-order valence-electron chi connectivity index (χ2n) is 10.5. The number of hydrogen-bond acceptors (Lipinski definition) is 4. The number of urea groups is 1. The van der Waals surface area contributed by atoms with Gasteiger partial charge >= 0.3 is 12.2 Å². The number of hydrogen-bond donors (Lipinski definition) is 2. The number of nitrogens with one attached hydrogen (secondary N) is 2. The molecule has 1 aliphatic carbocycles. The van der Waals surface area contributed by atoms with Crippen LogP contribution in [0.4, 0.5) is 23.7 Å². The van der Waals surface area contributed by atoms with Crippen molar-refractivity contribution in [2.24, 2.45) is 0 Å². The number of aromatic amines is 1. The highest BCUT2D eigenvalue weighted by molar-refractivity contribution is 5.93. The van der Waals surface area contributed by atoms with E-state index in [1.807, 2.05) is 42.6 Å². The highest BCUT2D eigenvalue weighted by atomic mass is 19.4. The number of carbonyl (C=O) groups is 2. The number of amides is 3. The number of rotatable bonds is 11. The molecule has 3 amide bonds. The largest absolute Gasteiger partial charge is 0.493 e. The maximum Gasteiger partial charge on any atom is 0.416 e. The number of alkyl halides is 3. The van der Waals surface area contributed by atoms with Gasteiger partial charge in [0.25, 0.3) is 0 Å². The van der Waals surface area contributed by atoms with Gasteiger partial charge in [0.1, 0.15) is 6.54 Å². The van der Waals surface area contributed by atoms with Gasteiger partial charge in [0, 0.05) is 41.9 Å². The summed E-state index contributed by atoms with van der Waals surface area (Å²) >= 11 is 0. The number of fused-ring (bicyclic) bond motifs is 1. The second kappa shape index (κ2) is 12.7. The second-order valence-corrected chi connectivity index (χ2v) is 10.5. The van der Waals surface area contributed by atoms with Gasteiger partial charge < -0.3 is 29.6 Å².